The van der Waals surface area contributed by atoms with Crippen LogP contribution in [0.5, 0.6) is 0 Å². The third kappa shape index (κ3) is 2.62. The molecule has 1 heterocycles. The quantitative estimate of drug-likeness (QED) is 0.581. The second-order valence-electron chi connectivity index (χ2n) is 4.53. The zero-order valence-electron chi connectivity index (χ0n) is 9.29. The summed E-state index contributed by atoms with van der Waals surface area (Å²) < 4.78 is 5.23. The highest BCUT2D eigenvalue weighted by atomic mass is 16.3. The highest BCUT2D eigenvalue weighted by Crippen LogP contribution is 2.18. The fourth-order valence-electron chi connectivity index (χ4n) is 1.29. The lowest BCUT2D eigenvalue weighted by molar-refractivity contribution is 0.372. The summed E-state index contributed by atoms with van der Waals surface area (Å²) >= 11 is 0. The topological polar surface area (TPSA) is 40.2 Å². The first-order chi connectivity index (χ1) is 6.41. The Morgan fingerprint density at radius 2 is 2.14 bits per heavy atom. The third-order valence-electron chi connectivity index (χ3n) is 2.07. The van der Waals surface area contributed by atoms with Crippen molar-refractivity contribution < 1.29 is 4.42 Å². The van der Waals surface area contributed by atoms with Gasteiger partial charge in [-0.2, -0.15) is 0 Å². The number of furan rings is 1. The highest BCUT2D eigenvalue weighted by molar-refractivity contribution is 5.83. The van der Waals surface area contributed by atoms with Crippen LogP contribution in [0.4, 0.5) is 0 Å². The Morgan fingerprint density at radius 1 is 1.50 bits per heavy atom. The molecule has 0 fully saturated rings. The van der Waals surface area contributed by atoms with Gasteiger partial charge in [0.15, 0.2) is 0 Å². The lowest BCUT2D eigenvalue weighted by Gasteiger charge is -2.28. The van der Waals surface area contributed by atoms with Gasteiger partial charge in [0.05, 0.1) is 12.8 Å². The molecule has 0 radical (unpaired) electrons. The van der Waals surface area contributed by atoms with Crippen LogP contribution in [0.15, 0.2) is 22.8 Å². The van der Waals surface area contributed by atoms with Crippen LogP contribution in [0.1, 0.15) is 26.5 Å². The molecule has 1 aromatic heterocycles. The maximum Gasteiger partial charge on any atom is 0.123 e. The first-order valence-corrected chi connectivity index (χ1v) is 4.74. The van der Waals surface area contributed by atoms with E-state index in [1.54, 1.807) is 6.26 Å². The van der Waals surface area contributed by atoms with Crippen molar-refractivity contribution in [2.45, 2.75) is 27.3 Å². The molecule has 0 aliphatic carbocycles. The Balaban J connectivity index is 2.59. The first kappa shape index (κ1) is 10.8. The molecule has 0 saturated heterocycles. The maximum absolute atomic E-state index is 7.93. The van der Waals surface area contributed by atoms with Crippen LogP contribution in [-0.2, 0) is 6.54 Å². The predicted octanol–water partition coefficient (Wildman–Crippen LogP) is 2.73. The van der Waals surface area contributed by atoms with Gasteiger partial charge < -0.3 is 9.32 Å². The zero-order valence-corrected chi connectivity index (χ0v) is 9.29. The summed E-state index contributed by atoms with van der Waals surface area (Å²) in [6, 6.07) is 3.79. The third-order valence-corrected chi connectivity index (χ3v) is 2.07. The van der Waals surface area contributed by atoms with Gasteiger partial charge in [0.25, 0.3) is 0 Å². The highest BCUT2D eigenvalue weighted by Gasteiger charge is 2.21. The molecule has 0 bridgehead atoms. The van der Waals surface area contributed by atoms with E-state index in [0.29, 0.717) is 12.4 Å². The van der Waals surface area contributed by atoms with Crippen molar-refractivity contribution in [3.8, 4) is 0 Å². The average Bonchev–Trinajstić information content (AvgIpc) is 2.53. The molecule has 0 spiro atoms. The summed E-state index contributed by atoms with van der Waals surface area (Å²) in [5, 5.41) is 7.93. The molecule has 0 atom stereocenters. The molecule has 0 aliphatic heterocycles. The number of amidine groups is 1. The van der Waals surface area contributed by atoms with Gasteiger partial charge in [-0.1, -0.05) is 20.8 Å². The van der Waals surface area contributed by atoms with E-state index in [4.69, 9.17) is 9.83 Å². The van der Waals surface area contributed by atoms with Crippen LogP contribution in [0.2, 0.25) is 0 Å². The summed E-state index contributed by atoms with van der Waals surface area (Å²) in [6.45, 7) is 6.76. The Labute approximate surface area is 85.2 Å². The van der Waals surface area contributed by atoms with Gasteiger partial charge in [-0.05, 0) is 12.1 Å². The molecule has 0 aliphatic rings. The summed E-state index contributed by atoms with van der Waals surface area (Å²) in [7, 11) is 1.91. The molecular weight excluding hydrogens is 176 g/mol. The maximum atomic E-state index is 7.93. The number of hydrogen-bond acceptors (Lipinski definition) is 2. The van der Waals surface area contributed by atoms with E-state index in [-0.39, 0.29) is 5.41 Å². The fourth-order valence-corrected chi connectivity index (χ4v) is 1.29. The van der Waals surface area contributed by atoms with E-state index in [0.717, 1.165) is 5.76 Å². The van der Waals surface area contributed by atoms with Crippen molar-refractivity contribution in [3.05, 3.63) is 24.2 Å². The van der Waals surface area contributed by atoms with Crippen molar-refractivity contribution in [3.63, 3.8) is 0 Å². The van der Waals surface area contributed by atoms with E-state index in [1.165, 1.54) is 0 Å². The molecule has 1 rings (SSSR count). The molecule has 0 unspecified atom stereocenters. The zero-order chi connectivity index (χ0) is 10.8. The average molecular weight is 194 g/mol. The van der Waals surface area contributed by atoms with Gasteiger partial charge in [0, 0.05) is 12.5 Å². The molecule has 0 aromatic carbocycles. The van der Waals surface area contributed by atoms with Crippen molar-refractivity contribution in [1.82, 2.24) is 4.90 Å². The minimum absolute atomic E-state index is 0.110. The summed E-state index contributed by atoms with van der Waals surface area (Å²) in [5.74, 6) is 1.51. The number of rotatable bonds is 2. The van der Waals surface area contributed by atoms with E-state index in [1.807, 2.05) is 44.9 Å². The van der Waals surface area contributed by atoms with Gasteiger partial charge in [-0.3, -0.25) is 5.41 Å². The second-order valence-corrected chi connectivity index (χ2v) is 4.53. The molecule has 78 valence electrons. The van der Waals surface area contributed by atoms with Crippen molar-refractivity contribution in [1.29, 1.82) is 5.41 Å². The van der Waals surface area contributed by atoms with E-state index in [2.05, 4.69) is 0 Å². The van der Waals surface area contributed by atoms with E-state index < -0.39 is 0 Å². The summed E-state index contributed by atoms with van der Waals surface area (Å²) in [5.41, 5.74) is -0.110. The van der Waals surface area contributed by atoms with Crippen molar-refractivity contribution >= 4 is 5.84 Å². The molecule has 0 amide bonds. The lowest BCUT2D eigenvalue weighted by Crippen LogP contribution is -2.35. The second kappa shape index (κ2) is 3.86. The van der Waals surface area contributed by atoms with Gasteiger partial charge in [0.1, 0.15) is 11.6 Å². The Kier molecular flexibility index (Phi) is 2.99. The van der Waals surface area contributed by atoms with Gasteiger partial charge >= 0.3 is 0 Å². The molecule has 3 heteroatoms. The van der Waals surface area contributed by atoms with Crippen LogP contribution < -0.4 is 0 Å². The minimum Gasteiger partial charge on any atom is -0.467 e. The Morgan fingerprint density at radius 3 is 2.57 bits per heavy atom. The van der Waals surface area contributed by atoms with E-state index in [9.17, 15) is 0 Å². The van der Waals surface area contributed by atoms with Gasteiger partial charge in [-0.25, -0.2) is 0 Å². The first-order valence-electron chi connectivity index (χ1n) is 4.74. The van der Waals surface area contributed by atoms with Crippen LogP contribution in [-0.4, -0.2) is 17.8 Å². The SMILES string of the molecule is CN(Cc1ccco1)C(=N)C(C)(C)C. The smallest absolute Gasteiger partial charge is 0.123 e. The molecule has 1 aromatic rings. The van der Waals surface area contributed by atoms with Crippen molar-refractivity contribution in [2.24, 2.45) is 5.41 Å². The number of nitrogens with zero attached hydrogens (tertiary/aromatic N) is 1. The molecule has 14 heavy (non-hydrogen) atoms. The Hall–Kier alpha value is -1.25. The lowest BCUT2D eigenvalue weighted by atomic mass is 9.94. The molecule has 1 N–H and O–H groups in total. The standard InChI is InChI=1S/C11H18N2O/c1-11(2,3)10(12)13(4)8-9-6-5-7-14-9/h5-7,12H,8H2,1-4H3. The molecule has 0 saturated carbocycles. The van der Waals surface area contributed by atoms with Crippen LogP contribution in [0.25, 0.3) is 0 Å². The fraction of sp³-hybridized carbons (Fsp3) is 0.545. The van der Waals surface area contributed by atoms with Crippen LogP contribution in [0.3, 0.4) is 0 Å². The van der Waals surface area contributed by atoms with E-state index >= 15 is 0 Å². The van der Waals surface area contributed by atoms with Gasteiger partial charge in [-0.15, -0.1) is 0 Å². The van der Waals surface area contributed by atoms with Crippen LogP contribution in [0, 0.1) is 10.8 Å². The minimum atomic E-state index is -0.110. The van der Waals surface area contributed by atoms with Crippen LogP contribution >= 0.6 is 0 Å². The number of hydrogen-bond donors (Lipinski definition) is 1. The largest absolute Gasteiger partial charge is 0.467 e. The monoisotopic (exact) mass is 194 g/mol. The van der Waals surface area contributed by atoms with Crippen molar-refractivity contribution in [2.75, 3.05) is 7.05 Å². The number of nitrogens with one attached hydrogen (secondary N) is 1. The predicted molar refractivity (Wildman–Crippen MR) is 57.4 cm³/mol. The molecular formula is C11H18N2O. The molecule has 3 nitrogen and oxygen atoms in total. The Bertz CT molecular complexity index is 296. The van der Waals surface area contributed by atoms with Gasteiger partial charge in [0.2, 0.25) is 0 Å². The summed E-state index contributed by atoms with van der Waals surface area (Å²) in [6.07, 6.45) is 1.66. The normalized spacial score (nSPS) is 11.4. The summed E-state index contributed by atoms with van der Waals surface area (Å²) in [4.78, 5) is 1.90.